The monoisotopic (exact) mass is 445 g/mol. The molecule has 1 atom stereocenters. The molecular formula is C21H17ClFN3O3S. The third kappa shape index (κ3) is 4.44. The van der Waals surface area contributed by atoms with Gasteiger partial charge in [-0.3, -0.25) is 9.59 Å². The highest BCUT2D eigenvalue weighted by atomic mass is 35.5. The fourth-order valence-electron chi connectivity index (χ4n) is 3.20. The summed E-state index contributed by atoms with van der Waals surface area (Å²) in [5.74, 6) is -0.658. The van der Waals surface area contributed by atoms with Crippen LogP contribution in [0.1, 0.15) is 12.5 Å². The van der Waals surface area contributed by atoms with Gasteiger partial charge in [0.1, 0.15) is 18.2 Å². The number of thiazole rings is 1. The summed E-state index contributed by atoms with van der Waals surface area (Å²) in [5, 5.41) is 7.94. The molecule has 0 saturated carbocycles. The first-order chi connectivity index (χ1) is 14.4. The van der Waals surface area contributed by atoms with Crippen LogP contribution >= 0.6 is 22.9 Å². The minimum absolute atomic E-state index is 0.219. The molecule has 2 aromatic carbocycles. The van der Waals surface area contributed by atoms with E-state index < -0.39 is 5.82 Å². The number of anilines is 2. The molecule has 154 valence electrons. The number of halogens is 2. The van der Waals surface area contributed by atoms with E-state index in [1.165, 1.54) is 30.4 Å². The van der Waals surface area contributed by atoms with Crippen molar-refractivity contribution in [2.75, 3.05) is 17.2 Å². The summed E-state index contributed by atoms with van der Waals surface area (Å²) in [4.78, 5) is 28.1. The number of ether oxygens (including phenoxy) is 1. The van der Waals surface area contributed by atoms with Crippen LogP contribution in [-0.4, -0.2) is 23.4 Å². The van der Waals surface area contributed by atoms with Crippen molar-refractivity contribution < 1.29 is 18.7 Å². The van der Waals surface area contributed by atoms with Crippen molar-refractivity contribution in [2.45, 2.75) is 13.3 Å². The number of fused-ring (bicyclic) bond motifs is 1. The fourth-order valence-corrected chi connectivity index (χ4v) is 4.11. The Labute approximate surface area is 181 Å². The van der Waals surface area contributed by atoms with Crippen molar-refractivity contribution in [3.05, 3.63) is 58.2 Å². The van der Waals surface area contributed by atoms with Crippen molar-refractivity contribution in [1.82, 2.24) is 4.98 Å². The van der Waals surface area contributed by atoms with E-state index in [9.17, 15) is 14.0 Å². The minimum atomic E-state index is -0.515. The molecule has 9 heteroatoms. The molecule has 0 spiro atoms. The van der Waals surface area contributed by atoms with Gasteiger partial charge in [-0.1, -0.05) is 11.6 Å². The first-order valence-electron chi connectivity index (χ1n) is 9.14. The number of carbonyl (C=O) groups is 2. The van der Waals surface area contributed by atoms with Crippen LogP contribution in [0.2, 0.25) is 5.02 Å². The molecule has 30 heavy (non-hydrogen) atoms. The average Bonchev–Trinajstić information content (AvgIpc) is 3.15. The maximum Gasteiger partial charge on any atom is 0.233 e. The number of rotatable bonds is 4. The van der Waals surface area contributed by atoms with Crippen LogP contribution in [0.15, 0.2) is 41.8 Å². The number of nitrogens with zero attached hydrogens (tertiary/aromatic N) is 1. The number of hydrogen-bond donors (Lipinski definition) is 2. The molecule has 4 rings (SSSR count). The van der Waals surface area contributed by atoms with Gasteiger partial charge < -0.3 is 15.4 Å². The highest BCUT2D eigenvalue weighted by molar-refractivity contribution is 7.14. The lowest BCUT2D eigenvalue weighted by Crippen LogP contribution is -2.32. The van der Waals surface area contributed by atoms with Gasteiger partial charge in [-0.15, -0.1) is 11.3 Å². The van der Waals surface area contributed by atoms with Crippen molar-refractivity contribution in [2.24, 2.45) is 5.92 Å². The summed E-state index contributed by atoms with van der Waals surface area (Å²) >= 11 is 7.23. The van der Waals surface area contributed by atoms with Crippen LogP contribution < -0.4 is 15.4 Å². The molecule has 6 nitrogen and oxygen atoms in total. The largest absolute Gasteiger partial charge is 0.492 e. The van der Waals surface area contributed by atoms with E-state index in [1.54, 1.807) is 29.6 Å². The Balaban J connectivity index is 1.45. The van der Waals surface area contributed by atoms with Gasteiger partial charge in [0.25, 0.3) is 0 Å². The second-order valence-electron chi connectivity index (χ2n) is 6.87. The first-order valence-corrected chi connectivity index (χ1v) is 10.4. The molecule has 1 aromatic heterocycles. The number of hydrogen-bond acceptors (Lipinski definition) is 5. The second kappa shape index (κ2) is 8.41. The SMILES string of the molecule is CC(=O)Nc1ccc(-c2csc(NC(=O)C3COc4ccc(Cl)cc4C3)n2)c(F)c1. The van der Waals surface area contributed by atoms with Crippen molar-refractivity contribution >= 4 is 45.6 Å². The normalized spacial score (nSPS) is 15.1. The van der Waals surface area contributed by atoms with Gasteiger partial charge in [0.15, 0.2) is 5.13 Å². The van der Waals surface area contributed by atoms with Gasteiger partial charge in [0.2, 0.25) is 11.8 Å². The van der Waals surface area contributed by atoms with E-state index >= 15 is 0 Å². The molecule has 0 aliphatic carbocycles. The topological polar surface area (TPSA) is 80.3 Å². The standard InChI is InChI=1S/C21H17ClFN3O3S/c1-11(27)24-15-3-4-16(17(23)8-15)18-10-30-21(25-18)26-20(28)13-6-12-7-14(22)2-5-19(12)29-9-13/h2-5,7-8,10,13H,6,9H2,1H3,(H,24,27)(H,25,26,28). The Hall–Kier alpha value is -2.97. The smallest absolute Gasteiger partial charge is 0.233 e. The zero-order chi connectivity index (χ0) is 21.3. The maximum atomic E-state index is 14.4. The maximum absolute atomic E-state index is 14.4. The van der Waals surface area contributed by atoms with E-state index in [-0.39, 0.29) is 29.9 Å². The zero-order valence-corrected chi connectivity index (χ0v) is 17.4. The Morgan fingerprint density at radius 3 is 2.83 bits per heavy atom. The predicted octanol–water partition coefficient (Wildman–Crippen LogP) is 4.75. The molecule has 0 fully saturated rings. The van der Waals surface area contributed by atoms with Gasteiger partial charge in [-0.25, -0.2) is 9.37 Å². The lowest BCUT2D eigenvalue weighted by atomic mass is 9.96. The summed E-state index contributed by atoms with van der Waals surface area (Å²) in [5.41, 5.74) is 1.94. The van der Waals surface area contributed by atoms with Crippen LogP contribution in [0.5, 0.6) is 5.75 Å². The number of nitrogens with one attached hydrogen (secondary N) is 2. The molecule has 0 bridgehead atoms. The van der Waals surface area contributed by atoms with Crippen LogP contribution in [0.25, 0.3) is 11.3 Å². The molecule has 2 amide bonds. The van der Waals surface area contributed by atoms with E-state index in [2.05, 4.69) is 15.6 Å². The number of amides is 2. The molecule has 0 saturated heterocycles. The lowest BCUT2D eigenvalue weighted by molar-refractivity contribution is -0.121. The first kappa shape index (κ1) is 20.3. The molecule has 2 heterocycles. The highest BCUT2D eigenvalue weighted by Gasteiger charge is 2.27. The average molecular weight is 446 g/mol. The minimum Gasteiger partial charge on any atom is -0.492 e. The Morgan fingerprint density at radius 1 is 1.23 bits per heavy atom. The Kier molecular flexibility index (Phi) is 5.69. The van der Waals surface area contributed by atoms with Gasteiger partial charge in [0, 0.05) is 28.6 Å². The number of carbonyl (C=O) groups excluding carboxylic acids is 2. The van der Waals surface area contributed by atoms with Crippen LogP contribution in [0.4, 0.5) is 15.2 Å². The van der Waals surface area contributed by atoms with Crippen LogP contribution in [0.3, 0.4) is 0 Å². The predicted molar refractivity (Wildman–Crippen MR) is 115 cm³/mol. The van der Waals surface area contributed by atoms with E-state index in [4.69, 9.17) is 16.3 Å². The van der Waals surface area contributed by atoms with Crippen molar-refractivity contribution in [1.29, 1.82) is 0 Å². The Morgan fingerprint density at radius 2 is 2.07 bits per heavy atom. The second-order valence-corrected chi connectivity index (χ2v) is 8.16. The fraction of sp³-hybridized carbons (Fsp3) is 0.190. The van der Waals surface area contributed by atoms with E-state index in [1.807, 2.05) is 0 Å². The highest BCUT2D eigenvalue weighted by Crippen LogP contribution is 2.32. The molecular weight excluding hydrogens is 429 g/mol. The third-order valence-electron chi connectivity index (χ3n) is 4.60. The number of benzene rings is 2. The van der Waals surface area contributed by atoms with E-state index in [0.29, 0.717) is 28.0 Å². The molecule has 1 aliphatic rings. The molecule has 1 unspecified atom stereocenters. The summed E-state index contributed by atoms with van der Waals surface area (Å²) < 4.78 is 20.1. The Bertz CT molecular complexity index is 1130. The summed E-state index contributed by atoms with van der Waals surface area (Å²) in [7, 11) is 0. The molecule has 2 N–H and O–H groups in total. The van der Waals surface area contributed by atoms with Gasteiger partial charge in [-0.2, -0.15) is 0 Å². The van der Waals surface area contributed by atoms with Crippen LogP contribution in [-0.2, 0) is 16.0 Å². The molecule has 0 radical (unpaired) electrons. The summed E-state index contributed by atoms with van der Waals surface area (Å²) in [6.07, 6.45) is 0.513. The van der Waals surface area contributed by atoms with Gasteiger partial charge >= 0.3 is 0 Å². The van der Waals surface area contributed by atoms with Crippen LogP contribution in [0, 0.1) is 11.7 Å². The zero-order valence-electron chi connectivity index (χ0n) is 15.9. The summed E-state index contributed by atoms with van der Waals surface area (Å²) in [6, 6.07) is 9.71. The lowest BCUT2D eigenvalue weighted by Gasteiger charge is -2.24. The van der Waals surface area contributed by atoms with Crippen molar-refractivity contribution in [3.63, 3.8) is 0 Å². The van der Waals surface area contributed by atoms with Crippen molar-refractivity contribution in [3.8, 4) is 17.0 Å². The quantitative estimate of drug-likeness (QED) is 0.607. The van der Waals surface area contributed by atoms with Gasteiger partial charge in [-0.05, 0) is 48.4 Å². The number of aromatic nitrogens is 1. The summed E-state index contributed by atoms with van der Waals surface area (Å²) in [6.45, 7) is 1.61. The molecule has 3 aromatic rings. The van der Waals surface area contributed by atoms with E-state index in [0.717, 1.165) is 11.3 Å². The third-order valence-corrected chi connectivity index (χ3v) is 5.59. The molecule has 1 aliphatic heterocycles. The van der Waals surface area contributed by atoms with Gasteiger partial charge in [0.05, 0.1) is 11.6 Å².